The molecule has 2 unspecified atom stereocenters. The maximum atomic E-state index is 12.2. The van der Waals surface area contributed by atoms with E-state index >= 15 is 0 Å². The number of hydrogen-bond acceptors (Lipinski definition) is 4. The standard InChI is InChI=1S/C15H23N3O4/c1-5-17-7-6-16-12(17)10-8-18(9-11(10)13(19)20)14(21)22-15(2,3)4/h6-7,10-11H,5,8-9H2,1-4H3,(H,19,20). The van der Waals surface area contributed by atoms with Gasteiger partial charge in [0.15, 0.2) is 0 Å². The molecule has 1 aromatic rings. The molecule has 2 rings (SSSR count). The Morgan fingerprint density at radius 1 is 1.41 bits per heavy atom. The first-order valence-electron chi connectivity index (χ1n) is 7.44. The quantitative estimate of drug-likeness (QED) is 0.922. The van der Waals surface area contributed by atoms with Crippen LogP contribution in [0.5, 0.6) is 0 Å². The summed E-state index contributed by atoms with van der Waals surface area (Å²) in [6.07, 6.45) is 3.01. The number of rotatable bonds is 3. The smallest absolute Gasteiger partial charge is 0.410 e. The predicted octanol–water partition coefficient (Wildman–Crippen LogP) is 1.94. The lowest BCUT2D eigenvalue weighted by Gasteiger charge is -2.24. The highest BCUT2D eigenvalue weighted by atomic mass is 16.6. The van der Waals surface area contributed by atoms with Crippen LogP contribution in [0.15, 0.2) is 12.4 Å². The van der Waals surface area contributed by atoms with E-state index in [1.807, 2.05) is 17.7 Å². The Kier molecular flexibility index (Phi) is 4.44. The summed E-state index contributed by atoms with van der Waals surface area (Å²) < 4.78 is 7.25. The lowest BCUT2D eigenvalue weighted by atomic mass is 9.95. The number of imidazole rings is 1. The van der Waals surface area contributed by atoms with Crippen molar-refractivity contribution in [3.8, 4) is 0 Å². The third kappa shape index (κ3) is 3.40. The Hall–Kier alpha value is -2.05. The molecule has 2 heterocycles. The molecular formula is C15H23N3O4. The summed E-state index contributed by atoms with van der Waals surface area (Å²) in [5.41, 5.74) is -0.601. The van der Waals surface area contributed by atoms with Gasteiger partial charge in [0.05, 0.1) is 11.8 Å². The monoisotopic (exact) mass is 309 g/mol. The summed E-state index contributed by atoms with van der Waals surface area (Å²) in [6, 6.07) is 0. The van der Waals surface area contributed by atoms with E-state index in [2.05, 4.69) is 4.98 Å². The van der Waals surface area contributed by atoms with Crippen LogP contribution in [0.4, 0.5) is 4.79 Å². The number of ether oxygens (including phenoxy) is 1. The van der Waals surface area contributed by atoms with Crippen molar-refractivity contribution in [2.45, 2.75) is 45.8 Å². The molecule has 1 N–H and O–H groups in total. The number of carboxylic acids is 1. The van der Waals surface area contributed by atoms with E-state index in [0.717, 1.165) is 0 Å². The molecule has 0 bridgehead atoms. The number of nitrogens with zero attached hydrogens (tertiary/aromatic N) is 3. The number of amides is 1. The van der Waals surface area contributed by atoms with Crippen LogP contribution < -0.4 is 0 Å². The van der Waals surface area contributed by atoms with Crippen molar-refractivity contribution >= 4 is 12.1 Å². The first-order chi connectivity index (χ1) is 10.2. The van der Waals surface area contributed by atoms with Crippen LogP contribution in [-0.4, -0.2) is 50.3 Å². The van der Waals surface area contributed by atoms with Crippen molar-refractivity contribution in [1.82, 2.24) is 14.5 Å². The van der Waals surface area contributed by atoms with Crippen molar-refractivity contribution in [2.24, 2.45) is 5.92 Å². The Morgan fingerprint density at radius 3 is 2.64 bits per heavy atom. The van der Waals surface area contributed by atoms with Crippen molar-refractivity contribution < 1.29 is 19.4 Å². The first kappa shape index (κ1) is 16.3. The van der Waals surface area contributed by atoms with Gasteiger partial charge in [-0.3, -0.25) is 4.79 Å². The van der Waals surface area contributed by atoms with Crippen LogP contribution in [-0.2, 0) is 16.1 Å². The van der Waals surface area contributed by atoms with Gasteiger partial charge in [0, 0.05) is 32.0 Å². The molecule has 2 atom stereocenters. The minimum atomic E-state index is -0.915. The van der Waals surface area contributed by atoms with E-state index in [4.69, 9.17) is 4.74 Å². The maximum absolute atomic E-state index is 12.2. The number of aliphatic carboxylic acids is 1. The molecular weight excluding hydrogens is 286 g/mol. The normalized spacial score (nSPS) is 21.9. The second-order valence-electron chi connectivity index (χ2n) is 6.51. The minimum absolute atomic E-state index is 0.144. The van der Waals surface area contributed by atoms with Crippen LogP contribution in [0.25, 0.3) is 0 Å². The van der Waals surface area contributed by atoms with Gasteiger partial charge in [0.25, 0.3) is 0 Å². The molecule has 1 aliphatic heterocycles. The third-order valence-corrected chi connectivity index (χ3v) is 3.71. The molecule has 0 radical (unpaired) electrons. The van der Waals surface area contributed by atoms with Gasteiger partial charge in [-0.05, 0) is 27.7 Å². The molecule has 22 heavy (non-hydrogen) atoms. The minimum Gasteiger partial charge on any atom is -0.481 e. The van der Waals surface area contributed by atoms with E-state index in [9.17, 15) is 14.7 Å². The summed E-state index contributed by atoms with van der Waals surface area (Å²) in [5, 5.41) is 9.46. The Labute approximate surface area is 129 Å². The topological polar surface area (TPSA) is 84.7 Å². The van der Waals surface area contributed by atoms with Crippen LogP contribution >= 0.6 is 0 Å². The largest absolute Gasteiger partial charge is 0.481 e. The lowest BCUT2D eigenvalue weighted by Crippen LogP contribution is -2.35. The molecule has 0 aliphatic carbocycles. The average Bonchev–Trinajstić information content (AvgIpc) is 3.02. The summed E-state index contributed by atoms with van der Waals surface area (Å²) in [5.74, 6) is -1.19. The number of hydrogen-bond donors (Lipinski definition) is 1. The fourth-order valence-corrected chi connectivity index (χ4v) is 2.71. The van der Waals surface area contributed by atoms with Gasteiger partial charge in [-0.1, -0.05) is 0 Å². The maximum Gasteiger partial charge on any atom is 0.410 e. The van der Waals surface area contributed by atoms with E-state index in [1.54, 1.807) is 27.0 Å². The van der Waals surface area contributed by atoms with Crippen LogP contribution in [0, 0.1) is 5.92 Å². The molecule has 122 valence electrons. The fraction of sp³-hybridized carbons (Fsp3) is 0.667. The van der Waals surface area contributed by atoms with Crippen LogP contribution in [0.3, 0.4) is 0 Å². The number of likely N-dealkylation sites (tertiary alicyclic amines) is 1. The number of carbonyl (C=O) groups is 2. The van der Waals surface area contributed by atoms with E-state index in [-0.39, 0.29) is 12.5 Å². The summed E-state index contributed by atoms with van der Waals surface area (Å²) in [7, 11) is 0. The molecule has 0 aromatic carbocycles. The van der Waals surface area contributed by atoms with Crippen LogP contribution in [0.1, 0.15) is 39.4 Å². The van der Waals surface area contributed by atoms with Gasteiger partial charge < -0.3 is 19.3 Å². The number of aryl methyl sites for hydroxylation is 1. The third-order valence-electron chi connectivity index (χ3n) is 3.71. The number of carboxylic acid groups (broad SMARTS) is 1. The molecule has 1 aliphatic rings. The fourth-order valence-electron chi connectivity index (χ4n) is 2.71. The van der Waals surface area contributed by atoms with Gasteiger partial charge in [0.1, 0.15) is 11.4 Å². The van der Waals surface area contributed by atoms with Crippen molar-refractivity contribution in [3.63, 3.8) is 0 Å². The zero-order chi connectivity index (χ0) is 16.5. The molecule has 1 amide bonds. The molecule has 0 saturated carbocycles. The molecule has 7 nitrogen and oxygen atoms in total. The average molecular weight is 309 g/mol. The van der Waals surface area contributed by atoms with Gasteiger partial charge in [-0.25, -0.2) is 9.78 Å². The van der Waals surface area contributed by atoms with Crippen LogP contribution in [0.2, 0.25) is 0 Å². The Bertz CT molecular complexity index is 561. The number of aromatic nitrogens is 2. The highest BCUT2D eigenvalue weighted by molar-refractivity contribution is 5.75. The molecule has 0 spiro atoms. The summed E-state index contributed by atoms with van der Waals surface area (Å²) in [4.78, 5) is 29.5. The van der Waals surface area contributed by atoms with Gasteiger partial charge in [-0.15, -0.1) is 0 Å². The Balaban J connectivity index is 2.20. The lowest BCUT2D eigenvalue weighted by molar-refractivity contribution is -0.141. The zero-order valence-electron chi connectivity index (χ0n) is 13.4. The van der Waals surface area contributed by atoms with Gasteiger partial charge in [0.2, 0.25) is 0 Å². The molecule has 1 aromatic heterocycles. The van der Waals surface area contributed by atoms with Gasteiger partial charge >= 0.3 is 12.1 Å². The molecule has 1 saturated heterocycles. The van der Waals surface area contributed by atoms with Gasteiger partial charge in [-0.2, -0.15) is 0 Å². The van der Waals surface area contributed by atoms with E-state index in [1.165, 1.54) is 4.90 Å². The first-order valence-corrected chi connectivity index (χ1v) is 7.44. The molecule has 7 heteroatoms. The second-order valence-corrected chi connectivity index (χ2v) is 6.51. The van der Waals surface area contributed by atoms with Crippen molar-refractivity contribution in [1.29, 1.82) is 0 Å². The number of carbonyl (C=O) groups excluding carboxylic acids is 1. The summed E-state index contributed by atoms with van der Waals surface area (Å²) in [6.45, 7) is 8.51. The van der Waals surface area contributed by atoms with E-state index < -0.39 is 23.6 Å². The second kappa shape index (κ2) is 5.98. The Morgan fingerprint density at radius 2 is 2.09 bits per heavy atom. The van der Waals surface area contributed by atoms with E-state index in [0.29, 0.717) is 18.9 Å². The zero-order valence-corrected chi connectivity index (χ0v) is 13.4. The highest BCUT2D eigenvalue weighted by Crippen LogP contribution is 2.33. The van der Waals surface area contributed by atoms with Crippen molar-refractivity contribution in [3.05, 3.63) is 18.2 Å². The highest BCUT2D eigenvalue weighted by Gasteiger charge is 2.43. The SMILES string of the molecule is CCn1ccnc1C1CN(C(=O)OC(C)(C)C)CC1C(=O)O. The summed E-state index contributed by atoms with van der Waals surface area (Å²) >= 11 is 0. The van der Waals surface area contributed by atoms with Crippen molar-refractivity contribution in [2.75, 3.05) is 13.1 Å². The predicted molar refractivity (Wildman–Crippen MR) is 79.6 cm³/mol. The molecule has 1 fully saturated rings.